The van der Waals surface area contributed by atoms with Crippen molar-refractivity contribution in [1.29, 1.82) is 0 Å². The van der Waals surface area contributed by atoms with Crippen molar-refractivity contribution >= 4 is 34.7 Å². The maximum absolute atomic E-state index is 13.0. The molecule has 4 aromatic rings. The fraction of sp³-hybridized carbons (Fsp3) is 0.240. The molecule has 3 aromatic heterocycles. The van der Waals surface area contributed by atoms with E-state index >= 15 is 0 Å². The number of nitrogens with two attached hydrogens (primary N) is 1. The molecular weight excluding hydrogens is 498 g/mol. The Hall–Kier alpha value is -4.22. The van der Waals surface area contributed by atoms with Gasteiger partial charge in [0.2, 0.25) is 5.88 Å². The van der Waals surface area contributed by atoms with Crippen LogP contribution in [0.3, 0.4) is 0 Å². The maximum Gasteiger partial charge on any atom is 0.256 e. The average molecular weight is 524 g/mol. The van der Waals surface area contributed by atoms with E-state index in [2.05, 4.69) is 25.7 Å². The number of rotatable bonds is 9. The maximum atomic E-state index is 13.0. The third kappa shape index (κ3) is 5.47. The smallest absolute Gasteiger partial charge is 0.256 e. The number of pyridine rings is 1. The number of carbonyl (C=O) groups is 2. The lowest BCUT2D eigenvalue weighted by Crippen LogP contribution is -2.26. The van der Waals surface area contributed by atoms with Crippen LogP contribution >= 0.6 is 11.6 Å². The number of carbonyl (C=O) groups excluding carboxylic acids is 2. The van der Waals surface area contributed by atoms with E-state index in [1.165, 1.54) is 24.1 Å². The summed E-state index contributed by atoms with van der Waals surface area (Å²) in [5.41, 5.74) is 8.58. The third-order valence-electron chi connectivity index (χ3n) is 5.71. The molecule has 0 aliphatic rings. The number of halogens is 1. The molecule has 0 unspecified atom stereocenters. The molecule has 5 N–H and O–H groups in total. The highest BCUT2D eigenvalue weighted by Gasteiger charge is 2.22. The zero-order valence-corrected chi connectivity index (χ0v) is 21.0. The Morgan fingerprint density at radius 3 is 2.57 bits per heavy atom. The molecule has 1 atom stereocenters. The van der Waals surface area contributed by atoms with Gasteiger partial charge in [0.05, 0.1) is 24.5 Å². The van der Waals surface area contributed by atoms with Gasteiger partial charge in [0, 0.05) is 29.9 Å². The van der Waals surface area contributed by atoms with E-state index in [4.69, 9.17) is 22.1 Å². The highest BCUT2D eigenvalue weighted by molar-refractivity contribution is 6.30. The van der Waals surface area contributed by atoms with Gasteiger partial charge in [-0.25, -0.2) is 14.5 Å². The average Bonchev–Trinajstić information content (AvgIpc) is 3.30. The minimum absolute atomic E-state index is 0.124. The Bertz CT molecular complexity index is 1440. The number of ether oxygens (including phenoxy) is 1. The van der Waals surface area contributed by atoms with Crippen molar-refractivity contribution in [3.05, 3.63) is 70.6 Å². The summed E-state index contributed by atoms with van der Waals surface area (Å²) < 4.78 is 6.78. The molecule has 0 radical (unpaired) electrons. The van der Waals surface area contributed by atoms with Crippen molar-refractivity contribution < 1.29 is 19.4 Å². The molecule has 0 aliphatic carbocycles. The lowest BCUT2D eigenvalue weighted by molar-refractivity contribution is 0.0935. The lowest BCUT2D eigenvalue weighted by atomic mass is 10.1. The van der Waals surface area contributed by atoms with E-state index < -0.39 is 12.0 Å². The molecule has 12 heteroatoms. The van der Waals surface area contributed by atoms with Crippen LogP contribution < -0.4 is 21.1 Å². The molecule has 37 heavy (non-hydrogen) atoms. The molecule has 2 amide bonds. The lowest BCUT2D eigenvalue weighted by Gasteiger charge is -2.13. The van der Waals surface area contributed by atoms with Crippen LogP contribution in [0, 0.1) is 0 Å². The Kier molecular flexibility index (Phi) is 7.85. The monoisotopic (exact) mass is 523 g/mol. The van der Waals surface area contributed by atoms with Gasteiger partial charge in [-0.05, 0) is 43.2 Å². The Balaban J connectivity index is 1.60. The van der Waals surface area contributed by atoms with Crippen molar-refractivity contribution in [3.8, 4) is 17.1 Å². The van der Waals surface area contributed by atoms with Gasteiger partial charge in [0.1, 0.15) is 17.4 Å². The summed E-state index contributed by atoms with van der Waals surface area (Å²) in [5, 5.41) is 20.8. The summed E-state index contributed by atoms with van der Waals surface area (Å²) in [6, 6.07) is 10.1. The quantitative estimate of drug-likeness (QED) is 0.261. The van der Waals surface area contributed by atoms with Gasteiger partial charge in [0.25, 0.3) is 11.8 Å². The summed E-state index contributed by atoms with van der Waals surface area (Å²) >= 11 is 5.90. The van der Waals surface area contributed by atoms with E-state index in [0.717, 1.165) is 0 Å². The summed E-state index contributed by atoms with van der Waals surface area (Å²) in [4.78, 5) is 34.0. The van der Waals surface area contributed by atoms with E-state index in [9.17, 15) is 14.7 Å². The number of benzene rings is 1. The largest absolute Gasteiger partial charge is 0.480 e. The number of hydrogen-bond donors (Lipinski definition) is 4. The molecular formula is C25H26ClN7O4. The molecule has 192 valence electrons. The zero-order chi connectivity index (χ0) is 26.5. The second kappa shape index (κ2) is 11.2. The van der Waals surface area contributed by atoms with Gasteiger partial charge in [0.15, 0.2) is 5.82 Å². The minimum Gasteiger partial charge on any atom is -0.480 e. The van der Waals surface area contributed by atoms with Crippen LogP contribution in [0.5, 0.6) is 5.88 Å². The van der Waals surface area contributed by atoms with Crippen molar-refractivity contribution in [2.24, 2.45) is 0 Å². The first-order valence-electron chi connectivity index (χ1n) is 11.5. The number of hydrogen-bond acceptors (Lipinski definition) is 8. The van der Waals surface area contributed by atoms with Crippen molar-refractivity contribution in [1.82, 2.24) is 30.2 Å². The molecule has 0 spiro atoms. The van der Waals surface area contributed by atoms with Gasteiger partial charge in [-0.2, -0.15) is 5.10 Å². The number of nitrogens with zero attached hydrogens (tertiary/aromatic N) is 4. The Labute approximate surface area is 217 Å². The summed E-state index contributed by atoms with van der Waals surface area (Å²) in [6.07, 6.45) is 2.32. The number of anilines is 1. The van der Waals surface area contributed by atoms with Gasteiger partial charge >= 0.3 is 0 Å². The van der Waals surface area contributed by atoms with Gasteiger partial charge in [-0.3, -0.25) is 9.59 Å². The number of amides is 2. The summed E-state index contributed by atoms with van der Waals surface area (Å²) in [7, 11) is 1.41. The molecule has 0 bridgehead atoms. The first kappa shape index (κ1) is 25.9. The fourth-order valence-corrected chi connectivity index (χ4v) is 4.02. The van der Waals surface area contributed by atoms with E-state index in [1.54, 1.807) is 36.4 Å². The predicted octanol–water partition coefficient (Wildman–Crippen LogP) is 2.64. The molecule has 4 rings (SSSR count). The van der Waals surface area contributed by atoms with E-state index in [-0.39, 0.29) is 36.1 Å². The molecule has 1 aromatic carbocycles. The van der Waals surface area contributed by atoms with E-state index in [0.29, 0.717) is 39.5 Å². The second-order valence-electron chi connectivity index (χ2n) is 8.10. The van der Waals surface area contributed by atoms with Gasteiger partial charge in [-0.1, -0.05) is 23.7 Å². The molecule has 3 heterocycles. The molecule has 0 saturated carbocycles. The van der Waals surface area contributed by atoms with Crippen LogP contribution in [0.1, 0.15) is 45.7 Å². The van der Waals surface area contributed by atoms with Gasteiger partial charge in [-0.15, -0.1) is 0 Å². The molecule has 11 nitrogen and oxygen atoms in total. The number of aliphatic hydroxyl groups is 1. The number of nitrogen functional groups attached to an aromatic ring is 1. The van der Waals surface area contributed by atoms with Crippen molar-refractivity contribution in [2.45, 2.75) is 19.4 Å². The first-order valence-corrected chi connectivity index (χ1v) is 11.9. The highest BCUT2D eigenvalue weighted by Crippen LogP contribution is 2.30. The Morgan fingerprint density at radius 1 is 1.14 bits per heavy atom. The summed E-state index contributed by atoms with van der Waals surface area (Å²) in [6.45, 7) is 2.44. The Morgan fingerprint density at radius 2 is 1.86 bits per heavy atom. The minimum atomic E-state index is -0.770. The number of fused-ring (bicyclic) bond motifs is 1. The number of nitrogens with one attached hydrogen (secondary N) is 2. The van der Waals surface area contributed by atoms with Crippen LogP contribution in [0.2, 0.25) is 5.02 Å². The zero-order valence-electron chi connectivity index (χ0n) is 20.2. The second-order valence-corrected chi connectivity index (χ2v) is 8.54. The fourth-order valence-electron chi connectivity index (χ4n) is 3.89. The summed E-state index contributed by atoms with van der Waals surface area (Å²) in [5.74, 6) is -0.500. The SMILES string of the molecule is CCNC(=O)c1cc(-c2cnc(OC)c(C(=O)NCC[C@H](O)c3ccc(Cl)cc3)c2)n2ncnc(N)c12. The molecule has 0 saturated heterocycles. The molecule has 0 fully saturated rings. The number of aromatic nitrogens is 4. The van der Waals surface area contributed by atoms with Crippen LogP contribution in [0.4, 0.5) is 5.82 Å². The number of methoxy groups -OCH3 is 1. The predicted molar refractivity (Wildman–Crippen MR) is 139 cm³/mol. The first-order chi connectivity index (χ1) is 17.8. The highest BCUT2D eigenvalue weighted by atomic mass is 35.5. The number of aliphatic hydroxyl groups excluding tert-OH is 1. The molecule has 0 aliphatic heterocycles. The van der Waals surface area contributed by atoms with Crippen molar-refractivity contribution in [3.63, 3.8) is 0 Å². The van der Waals surface area contributed by atoms with Crippen LogP contribution in [0.15, 0.2) is 48.9 Å². The van der Waals surface area contributed by atoms with E-state index in [1.807, 2.05) is 6.92 Å². The topological polar surface area (TPSA) is 157 Å². The third-order valence-corrected chi connectivity index (χ3v) is 5.96. The van der Waals surface area contributed by atoms with Crippen LogP contribution in [-0.2, 0) is 0 Å². The van der Waals surface area contributed by atoms with Crippen LogP contribution in [-0.4, -0.2) is 56.7 Å². The van der Waals surface area contributed by atoms with Crippen LogP contribution in [0.25, 0.3) is 16.8 Å². The van der Waals surface area contributed by atoms with Crippen molar-refractivity contribution in [2.75, 3.05) is 25.9 Å². The van der Waals surface area contributed by atoms with Gasteiger partial charge < -0.3 is 26.2 Å². The standard InChI is InChI=1S/C25H26ClN7O4/c1-3-28-23(35)17-11-19(33-21(17)22(27)31-13-32-33)15-10-18(25(37-2)30-12-15)24(36)29-9-8-20(34)14-4-6-16(26)7-5-14/h4-7,10-13,20,34H,3,8-9H2,1-2H3,(H,28,35)(H,29,36)(H2,27,31,32)/t20-/m0/s1. The normalized spacial score (nSPS) is 11.8.